The van der Waals surface area contributed by atoms with Gasteiger partial charge in [-0.1, -0.05) is 0 Å². The monoisotopic (exact) mass is 262 g/mol. The standard InChI is InChI=1S/C13H18N4O2/c14-10-1-2-12(18)9(5-10)7-16-3-4-17-11(8-16)6-15-13(17)19/h1-2,5,11,18H,3-4,6-8,14H2,(H,15,19). The molecule has 2 fully saturated rings. The third kappa shape index (κ3) is 2.31. The van der Waals surface area contributed by atoms with Crippen molar-refractivity contribution in [1.82, 2.24) is 15.1 Å². The lowest BCUT2D eigenvalue weighted by molar-refractivity contribution is 0.116. The van der Waals surface area contributed by atoms with Crippen molar-refractivity contribution in [2.24, 2.45) is 0 Å². The van der Waals surface area contributed by atoms with E-state index < -0.39 is 0 Å². The minimum atomic E-state index is 0.0384. The smallest absolute Gasteiger partial charge is 0.317 e. The Labute approximate surface area is 111 Å². The summed E-state index contributed by atoms with van der Waals surface area (Å²) in [5, 5.41) is 12.7. The van der Waals surface area contributed by atoms with Crippen LogP contribution in [0.2, 0.25) is 0 Å². The maximum Gasteiger partial charge on any atom is 0.317 e. The summed E-state index contributed by atoms with van der Waals surface area (Å²) in [6.07, 6.45) is 0. The summed E-state index contributed by atoms with van der Waals surface area (Å²) < 4.78 is 0. The first-order chi connectivity index (χ1) is 9.13. The van der Waals surface area contributed by atoms with Crippen LogP contribution in [0.3, 0.4) is 0 Å². The number of benzene rings is 1. The minimum absolute atomic E-state index is 0.0384. The third-order valence-corrected chi connectivity index (χ3v) is 3.81. The number of nitrogens with one attached hydrogen (secondary N) is 1. The molecule has 1 atom stereocenters. The van der Waals surface area contributed by atoms with E-state index in [9.17, 15) is 9.90 Å². The molecule has 0 bridgehead atoms. The second kappa shape index (κ2) is 4.62. The van der Waals surface area contributed by atoms with E-state index in [4.69, 9.17) is 5.73 Å². The van der Waals surface area contributed by atoms with Crippen molar-refractivity contribution in [1.29, 1.82) is 0 Å². The molecule has 3 rings (SSSR count). The van der Waals surface area contributed by atoms with E-state index >= 15 is 0 Å². The van der Waals surface area contributed by atoms with Crippen molar-refractivity contribution in [2.75, 3.05) is 31.9 Å². The van der Waals surface area contributed by atoms with Gasteiger partial charge in [-0.15, -0.1) is 0 Å². The summed E-state index contributed by atoms with van der Waals surface area (Å²) in [7, 11) is 0. The molecule has 0 radical (unpaired) electrons. The molecule has 2 heterocycles. The fraction of sp³-hybridized carbons (Fsp3) is 0.462. The predicted octanol–water partition coefficient (Wildman–Crippen LogP) is 0.184. The number of hydrogen-bond acceptors (Lipinski definition) is 4. The van der Waals surface area contributed by atoms with Gasteiger partial charge in [0.15, 0.2) is 0 Å². The quantitative estimate of drug-likeness (QED) is 0.525. The van der Waals surface area contributed by atoms with Gasteiger partial charge in [-0.2, -0.15) is 0 Å². The summed E-state index contributed by atoms with van der Waals surface area (Å²) >= 11 is 0. The highest BCUT2D eigenvalue weighted by atomic mass is 16.3. The van der Waals surface area contributed by atoms with Crippen molar-refractivity contribution >= 4 is 11.7 Å². The van der Waals surface area contributed by atoms with Crippen LogP contribution in [0.15, 0.2) is 18.2 Å². The molecule has 6 heteroatoms. The Kier molecular flexibility index (Phi) is 2.94. The molecular weight excluding hydrogens is 244 g/mol. The fourth-order valence-corrected chi connectivity index (χ4v) is 2.78. The van der Waals surface area contributed by atoms with Crippen LogP contribution in [0.25, 0.3) is 0 Å². The number of carbonyl (C=O) groups is 1. The maximum atomic E-state index is 11.5. The van der Waals surface area contributed by atoms with E-state index in [1.165, 1.54) is 0 Å². The van der Waals surface area contributed by atoms with Crippen LogP contribution in [0.5, 0.6) is 5.75 Å². The molecule has 6 nitrogen and oxygen atoms in total. The largest absolute Gasteiger partial charge is 0.508 e. The van der Waals surface area contributed by atoms with Gasteiger partial charge in [-0.25, -0.2) is 4.79 Å². The summed E-state index contributed by atoms with van der Waals surface area (Å²) in [4.78, 5) is 15.6. The Morgan fingerprint density at radius 1 is 1.42 bits per heavy atom. The SMILES string of the molecule is Nc1ccc(O)c(CN2CCN3C(=O)NCC3C2)c1. The Morgan fingerprint density at radius 2 is 2.26 bits per heavy atom. The lowest BCUT2D eigenvalue weighted by Gasteiger charge is -2.36. The molecule has 1 aromatic carbocycles. The van der Waals surface area contributed by atoms with E-state index in [0.29, 0.717) is 18.8 Å². The first-order valence-electron chi connectivity index (χ1n) is 6.47. The molecule has 19 heavy (non-hydrogen) atoms. The minimum Gasteiger partial charge on any atom is -0.508 e. The van der Waals surface area contributed by atoms with Crippen LogP contribution in [0.1, 0.15) is 5.56 Å². The van der Waals surface area contributed by atoms with E-state index in [1.807, 2.05) is 4.90 Å². The third-order valence-electron chi connectivity index (χ3n) is 3.81. The number of fused-ring (bicyclic) bond motifs is 1. The van der Waals surface area contributed by atoms with Crippen molar-refractivity contribution < 1.29 is 9.90 Å². The number of rotatable bonds is 2. The van der Waals surface area contributed by atoms with Gasteiger partial charge in [-0.05, 0) is 18.2 Å². The van der Waals surface area contributed by atoms with Gasteiger partial charge >= 0.3 is 6.03 Å². The highest BCUT2D eigenvalue weighted by Crippen LogP contribution is 2.23. The zero-order valence-electron chi connectivity index (χ0n) is 10.7. The van der Waals surface area contributed by atoms with E-state index in [2.05, 4.69) is 10.2 Å². The van der Waals surface area contributed by atoms with E-state index in [0.717, 1.165) is 25.2 Å². The number of piperazine rings is 1. The average Bonchev–Trinajstić information content (AvgIpc) is 2.75. The molecule has 2 aliphatic heterocycles. The first kappa shape index (κ1) is 12.1. The first-order valence-corrected chi connectivity index (χ1v) is 6.47. The number of nitrogen functional groups attached to an aromatic ring is 1. The predicted molar refractivity (Wildman–Crippen MR) is 71.7 cm³/mol. The van der Waals surface area contributed by atoms with Crippen LogP contribution in [-0.4, -0.2) is 53.2 Å². The van der Waals surface area contributed by atoms with Gasteiger partial charge in [0.1, 0.15) is 5.75 Å². The molecule has 0 spiro atoms. The highest BCUT2D eigenvalue weighted by molar-refractivity contribution is 5.77. The number of amides is 2. The zero-order valence-corrected chi connectivity index (χ0v) is 10.7. The summed E-state index contributed by atoms with van der Waals surface area (Å²) in [5.74, 6) is 0.275. The van der Waals surface area contributed by atoms with Crippen molar-refractivity contribution in [2.45, 2.75) is 12.6 Å². The molecule has 0 saturated carbocycles. The highest BCUT2D eigenvalue weighted by Gasteiger charge is 2.35. The van der Waals surface area contributed by atoms with Gasteiger partial charge in [0.2, 0.25) is 0 Å². The van der Waals surface area contributed by atoms with Gasteiger partial charge in [0, 0.05) is 44.0 Å². The molecule has 2 saturated heterocycles. The van der Waals surface area contributed by atoms with Crippen LogP contribution in [0, 0.1) is 0 Å². The number of urea groups is 1. The topological polar surface area (TPSA) is 81.8 Å². The van der Waals surface area contributed by atoms with E-state index in [-0.39, 0.29) is 17.8 Å². The summed E-state index contributed by atoms with van der Waals surface area (Å²) in [5.41, 5.74) is 7.24. The maximum absolute atomic E-state index is 11.5. The van der Waals surface area contributed by atoms with Crippen molar-refractivity contribution in [3.05, 3.63) is 23.8 Å². The number of phenols is 1. The number of nitrogens with two attached hydrogens (primary N) is 1. The van der Waals surface area contributed by atoms with Crippen LogP contribution in [0.4, 0.5) is 10.5 Å². The number of phenolic OH excluding ortho intramolecular Hbond substituents is 1. The van der Waals surface area contributed by atoms with Gasteiger partial charge < -0.3 is 21.1 Å². The van der Waals surface area contributed by atoms with Crippen LogP contribution >= 0.6 is 0 Å². The molecular formula is C13H18N4O2. The van der Waals surface area contributed by atoms with Gasteiger partial charge in [-0.3, -0.25) is 4.90 Å². The number of nitrogens with zero attached hydrogens (tertiary/aromatic N) is 2. The lowest BCUT2D eigenvalue weighted by Crippen LogP contribution is -2.51. The van der Waals surface area contributed by atoms with E-state index in [1.54, 1.807) is 18.2 Å². The zero-order chi connectivity index (χ0) is 13.4. The molecule has 102 valence electrons. The summed E-state index contributed by atoms with van der Waals surface area (Å²) in [6, 6.07) is 5.40. The molecule has 0 aromatic heterocycles. The Balaban J connectivity index is 1.68. The number of aromatic hydroxyl groups is 1. The van der Waals surface area contributed by atoms with Gasteiger partial charge in [0.25, 0.3) is 0 Å². The molecule has 2 aliphatic rings. The number of hydrogen-bond donors (Lipinski definition) is 3. The second-order valence-corrected chi connectivity index (χ2v) is 5.16. The van der Waals surface area contributed by atoms with Crippen LogP contribution < -0.4 is 11.1 Å². The number of anilines is 1. The molecule has 1 aromatic rings. The lowest BCUT2D eigenvalue weighted by atomic mass is 10.1. The molecule has 2 amide bonds. The normalized spacial score (nSPS) is 23.3. The fourth-order valence-electron chi connectivity index (χ4n) is 2.78. The van der Waals surface area contributed by atoms with Crippen molar-refractivity contribution in [3.8, 4) is 5.75 Å². The Morgan fingerprint density at radius 3 is 3.11 bits per heavy atom. The Hall–Kier alpha value is -1.95. The molecule has 0 aliphatic carbocycles. The number of carbonyl (C=O) groups excluding carboxylic acids is 1. The van der Waals surface area contributed by atoms with Crippen molar-refractivity contribution in [3.63, 3.8) is 0 Å². The Bertz CT molecular complexity index is 505. The average molecular weight is 262 g/mol. The second-order valence-electron chi connectivity index (χ2n) is 5.16. The molecule has 4 N–H and O–H groups in total. The van der Waals surface area contributed by atoms with Crippen LogP contribution in [-0.2, 0) is 6.54 Å². The summed E-state index contributed by atoms with van der Waals surface area (Å²) in [6.45, 7) is 3.75. The van der Waals surface area contributed by atoms with Gasteiger partial charge in [0.05, 0.1) is 6.04 Å². The molecule has 1 unspecified atom stereocenters.